The van der Waals surface area contributed by atoms with E-state index in [1.165, 1.54) is 11.6 Å². The molecule has 6 heteroatoms. The van der Waals surface area contributed by atoms with Gasteiger partial charge in [0.1, 0.15) is 5.82 Å². The minimum absolute atomic E-state index is 0.132. The average molecular weight is 484 g/mol. The van der Waals surface area contributed by atoms with E-state index in [0.29, 0.717) is 35.6 Å². The maximum Gasteiger partial charge on any atom is 0.212 e. The molecular formula is C30H30FN3O2. The van der Waals surface area contributed by atoms with Gasteiger partial charge in [-0.2, -0.15) is 0 Å². The van der Waals surface area contributed by atoms with Crippen molar-refractivity contribution in [3.05, 3.63) is 84.1 Å². The normalized spacial score (nSPS) is 18.6. The summed E-state index contributed by atoms with van der Waals surface area (Å²) in [6.07, 6.45) is 9.96. The van der Waals surface area contributed by atoms with Gasteiger partial charge in [-0.15, -0.1) is 0 Å². The summed E-state index contributed by atoms with van der Waals surface area (Å²) in [7, 11) is 1.58. The molecule has 0 radical (unpaired) electrons. The zero-order chi connectivity index (χ0) is 25.1. The number of carbonyl (C=O) groups excluding carboxylic acids is 1. The smallest absolute Gasteiger partial charge is 0.212 e. The maximum absolute atomic E-state index is 13.9. The summed E-state index contributed by atoms with van der Waals surface area (Å²) >= 11 is 0. The summed E-state index contributed by atoms with van der Waals surface area (Å²) in [5.41, 5.74) is 4.34. The Kier molecular flexibility index (Phi) is 7.03. The summed E-state index contributed by atoms with van der Waals surface area (Å²) in [4.78, 5) is 26.1. The molecule has 0 bridgehead atoms. The van der Waals surface area contributed by atoms with Gasteiger partial charge in [-0.1, -0.05) is 6.92 Å². The number of ketones is 1. The van der Waals surface area contributed by atoms with Crippen molar-refractivity contribution in [2.75, 3.05) is 7.11 Å². The topological polar surface area (TPSA) is 65.0 Å². The number of benzene rings is 1. The molecule has 1 saturated carbocycles. The third-order valence-electron chi connectivity index (χ3n) is 7.59. The third kappa shape index (κ3) is 5.13. The van der Waals surface area contributed by atoms with Crippen LogP contribution in [0.4, 0.5) is 4.39 Å². The molecule has 0 saturated heterocycles. The molecule has 184 valence electrons. The van der Waals surface area contributed by atoms with Gasteiger partial charge < -0.3 is 4.74 Å². The van der Waals surface area contributed by atoms with Crippen molar-refractivity contribution >= 4 is 16.7 Å². The van der Waals surface area contributed by atoms with E-state index in [1.54, 1.807) is 37.7 Å². The highest BCUT2D eigenvalue weighted by Crippen LogP contribution is 2.41. The molecule has 0 spiro atoms. The van der Waals surface area contributed by atoms with Gasteiger partial charge in [0.15, 0.2) is 5.78 Å². The monoisotopic (exact) mass is 483 g/mol. The van der Waals surface area contributed by atoms with Crippen molar-refractivity contribution in [2.24, 2.45) is 11.8 Å². The van der Waals surface area contributed by atoms with Crippen LogP contribution in [0.3, 0.4) is 0 Å². The molecule has 0 unspecified atom stereocenters. The van der Waals surface area contributed by atoms with Crippen LogP contribution in [0.15, 0.2) is 67.1 Å². The van der Waals surface area contributed by atoms with E-state index in [4.69, 9.17) is 4.74 Å². The van der Waals surface area contributed by atoms with Gasteiger partial charge in [0.05, 0.1) is 18.3 Å². The van der Waals surface area contributed by atoms with Crippen LogP contribution >= 0.6 is 0 Å². The highest BCUT2D eigenvalue weighted by molar-refractivity contribution is 5.96. The number of rotatable bonds is 7. The van der Waals surface area contributed by atoms with E-state index in [-0.39, 0.29) is 11.6 Å². The molecule has 1 aliphatic rings. The molecule has 1 aliphatic carbocycles. The predicted octanol–water partition coefficient (Wildman–Crippen LogP) is 7.02. The number of nitrogens with zero attached hydrogens (tertiary/aromatic N) is 3. The molecule has 3 heterocycles. The number of halogens is 1. The lowest BCUT2D eigenvalue weighted by atomic mass is 9.72. The number of ether oxygens (including phenoxy) is 1. The third-order valence-corrected chi connectivity index (χ3v) is 7.59. The Balaban J connectivity index is 1.18. The van der Waals surface area contributed by atoms with Crippen LogP contribution in [-0.4, -0.2) is 27.8 Å². The molecule has 3 aromatic heterocycles. The molecule has 1 atom stereocenters. The van der Waals surface area contributed by atoms with Gasteiger partial charge in [0, 0.05) is 47.6 Å². The second-order valence-electron chi connectivity index (χ2n) is 9.80. The van der Waals surface area contributed by atoms with Crippen molar-refractivity contribution in [1.29, 1.82) is 0 Å². The standard InChI is InChI=1S/C30H30FN3O2/c1-19(15-29(35)23-7-10-27(33-18-23)22-8-12-30(36-2)34-17-22)20-3-5-21(6-4-20)25-13-14-32-28-11-9-24(31)16-26(25)28/h7-14,16-21H,3-6,15H2,1-2H3/t19-,20?,21?/m0/s1. The van der Waals surface area contributed by atoms with E-state index in [2.05, 4.69) is 21.9 Å². The first-order valence-electron chi connectivity index (χ1n) is 12.6. The van der Waals surface area contributed by atoms with E-state index < -0.39 is 0 Å². The SMILES string of the molecule is COc1ccc(-c2ccc(C(=O)C[C@H](C)C3CCC(c4ccnc5ccc(F)cc45)CC3)cn2)cn1. The summed E-state index contributed by atoms with van der Waals surface area (Å²) in [5, 5.41) is 0.922. The van der Waals surface area contributed by atoms with E-state index in [0.717, 1.165) is 47.8 Å². The number of hydrogen-bond acceptors (Lipinski definition) is 5. The Morgan fingerprint density at radius 3 is 2.53 bits per heavy atom. The van der Waals surface area contributed by atoms with Crippen LogP contribution in [-0.2, 0) is 0 Å². The van der Waals surface area contributed by atoms with Crippen molar-refractivity contribution in [1.82, 2.24) is 15.0 Å². The minimum Gasteiger partial charge on any atom is -0.481 e. The van der Waals surface area contributed by atoms with Crippen molar-refractivity contribution in [3.63, 3.8) is 0 Å². The molecule has 1 fully saturated rings. The molecule has 36 heavy (non-hydrogen) atoms. The number of hydrogen-bond donors (Lipinski definition) is 0. The lowest BCUT2D eigenvalue weighted by Gasteiger charge is -2.32. The maximum atomic E-state index is 13.9. The number of fused-ring (bicyclic) bond motifs is 1. The van der Waals surface area contributed by atoms with Crippen LogP contribution in [0.25, 0.3) is 22.2 Å². The van der Waals surface area contributed by atoms with Gasteiger partial charge in [-0.3, -0.25) is 14.8 Å². The molecule has 1 aromatic carbocycles. The Labute approximate surface area is 210 Å². The van der Waals surface area contributed by atoms with Crippen molar-refractivity contribution in [2.45, 2.75) is 44.9 Å². The zero-order valence-electron chi connectivity index (χ0n) is 20.7. The predicted molar refractivity (Wildman–Crippen MR) is 139 cm³/mol. The first kappa shape index (κ1) is 24.0. The first-order valence-corrected chi connectivity index (χ1v) is 12.6. The molecule has 0 N–H and O–H groups in total. The van der Waals surface area contributed by atoms with Crippen LogP contribution in [0.1, 0.15) is 60.9 Å². The molecule has 4 aromatic rings. The fraction of sp³-hybridized carbons (Fsp3) is 0.333. The van der Waals surface area contributed by atoms with E-state index in [1.807, 2.05) is 30.5 Å². The summed E-state index contributed by atoms with van der Waals surface area (Å²) < 4.78 is 19.0. The van der Waals surface area contributed by atoms with Gasteiger partial charge in [-0.25, -0.2) is 9.37 Å². The van der Waals surface area contributed by atoms with Gasteiger partial charge in [0.2, 0.25) is 5.88 Å². The van der Waals surface area contributed by atoms with Crippen molar-refractivity contribution in [3.8, 4) is 17.1 Å². The number of Topliss-reactive ketones (excluding diaryl/α,β-unsaturated/α-hetero) is 1. The molecular weight excluding hydrogens is 453 g/mol. The Morgan fingerprint density at radius 1 is 1.00 bits per heavy atom. The van der Waals surface area contributed by atoms with Crippen molar-refractivity contribution < 1.29 is 13.9 Å². The van der Waals surface area contributed by atoms with Crippen LogP contribution in [0.2, 0.25) is 0 Å². The molecule has 0 aliphatic heterocycles. The fourth-order valence-electron chi connectivity index (χ4n) is 5.45. The highest BCUT2D eigenvalue weighted by atomic mass is 19.1. The number of pyridine rings is 3. The van der Waals surface area contributed by atoms with E-state index >= 15 is 0 Å². The quantitative estimate of drug-likeness (QED) is 0.264. The van der Waals surface area contributed by atoms with Crippen LogP contribution in [0.5, 0.6) is 5.88 Å². The second kappa shape index (κ2) is 10.5. The Morgan fingerprint density at radius 2 is 1.83 bits per heavy atom. The number of aromatic nitrogens is 3. The fourth-order valence-corrected chi connectivity index (χ4v) is 5.45. The Bertz CT molecular complexity index is 1350. The largest absolute Gasteiger partial charge is 0.481 e. The van der Waals surface area contributed by atoms with E-state index in [9.17, 15) is 9.18 Å². The second-order valence-corrected chi connectivity index (χ2v) is 9.80. The lowest BCUT2D eigenvalue weighted by Crippen LogP contribution is -2.21. The molecule has 5 rings (SSSR count). The highest BCUT2D eigenvalue weighted by Gasteiger charge is 2.28. The average Bonchev–Trinajstić information content (AvgIpc) is 2.93. The van der Waals surface area contributed by atoms with Gasteiger partial charge in [0.25, 0.3) is 0 Å². The zero-order valence-corrected chi connectivity index (χ0v) is 20.7. The van der Waals surface area contributed by atoms with Crippen LogP contribution in [0, 0.1) is 17.7 Å². The number of carbonyl (C=O) groups is 1. The number of methoxy groups -OCH3 is 1. The first-order chi connectivity index (χ1) is 17.5. The lowest BCUT2D eigenvalue weighted by molar-refractivity contribution is 0.0937. The van der Waals surface area contributed by atoms with Crippen LogP contribution < -0.4 is 4.74 Å². The molecule has 5 nitrogen and oxygen atoms in total. The summed E-state index contributed by atoms with van der Waals surface area (Å²) in [5.74, 6) is 1.67. The minimum atomic E-state index is -0.222. The van der Waals surface area contributed by atoms with Gasteiger partial charge >= 0.3 is 0 Å². The molecule has 0 amide bonds. The summed E-state index contributed by atoms with van der Waals surface area (Å²) in [6, 6.07) is 14.3. The Hall–Kier alpha value is -3.67. The van der Waals surface area contributed by atoms with Gasteiger partial charge in [-0.05, 0) is 91.5 Å². The summed E-state index contributed by atoms with van der Waals surface area (Å²) in [6.45, 7) is 2.19.